The number of pyridine rings is 1. The molecule has 0 atom stereocenters. The average Bonchev–Trinajstić information content (AvgIpc) is 3.31. The van der Waals surface area contributed by atoms with E-state index in [0.29, 0.717) is 17.9 Å². The Morgan fingerprint density at radius 2 is 2.18 bits per heavy atom. The van der Waals surface area contributed by atoms with Crippen molar-refractivity contribution in [3.8, 4) is 0 Å². The third-order valence-electron chi connectivity index (χ3n) is 5.13. The molecular formula is C20H19N5O2S. The van der Waals surface area contributed by atoms with Gasteiger partial charge in [0.1, 0.15) is 17.9 Å². The molecular weight excluding hydrogens is 374 g/mol. The molecule has 28 heavy (non-hydrogen) atoms. The number of carbonyl (C=O) groups excluding carboxylic acids is 1. The predicted molar refractivity (Wildman–Crippen MR) is 107 cm³/mol. The Morgan fingerprint density at radius 3 is 2.93 bits per heavy atom. The second-order valence-corrected chi connectivity index (χ2v) is 8.11. The van der Waals surface area contributed by atoms with Gasteiger partial charge in [0, 0.05) is 25.0 Å². The molecule has 8 heteroatoms. The number of nitrogens with zero attached hydrogens (tertiary/aromatic N) is 5. The number of aryl methyl sites for hydroxylation is 1. The molecule has 7 nitrogen and oxygen atoms in total. The van der Waals surface area contributed by atoms with E-state index >= 15 is 0 Å². The van der Waals surface area contributed by atoms with Crippen molar-refractivity contribution >= 4 is 33.0 Å². The molecule has 142 valence electrons. The number of carbonyl (C=O) groups is 1. The van der Waals surface area contributed by atoms with Crippen LogP contribution in [-0.2, 0) is 17.9 Å². The number of rotatable bonds is 5. The van der Waals surface area contributed by atoms with Gasteiger partial charge in [-0.2, -0.15) is 5.10 Å². The lowest BCUT2D eigenvalue weighted by molar-refractivity contribution is -0.133. The number of aromatic nitrogens is 4. The van der Waals surface area contributed by atoms with Crippen LogP contribution in [-0.4, -0.2) is 36.0 Å². The van der Waals surface area contributed by atoms with Crippen LogP contribution in [0.15, 0.2) is 46.8 Å². The van der Waals surface area contributed by atoms with E-state index in [2.05, 4.69) is 10.1 Å². The summed E-state index contributed by atoms with van der Waals surface area (Å²) in [5.74, 6) is 0.610. The molecule has 0 N–H and O–H groups in total. The van der Waals surface area contributed by atoms with E-state index < -0.39 is 0 Å². The van der Waals surface area contributed by atoms with Gasteiger partial charge in [0.15, 0.2) is 0 Å². The van der Waals surface area contributed by atoms with Crippen LogP contribution in [0.4, 0.5) is 0 Å². The molecule has 0 aromatic carbocycles. The fourth-order valence-corrected chi connectivity index (χ4v) is 4.45. The lowest BCUT2D eigenvalue weighted by Gasteiger charge is -2.22. The number of amides is 1. The van der Waals surface area contributed by atoms with Crippen LogP contribution in [0.25, 0.3) is 15.7 Å². The molecule has 0 unspecified atom stereocenters. The Kier molecular flexibility index (Phi) is 4.01. The molecule has 0 spiro atoms. The van der Waals surface area contributed by atoms with Crippen molar-refractivity contribution in [1.29, 1.82) is 0 Å². The Hall–Kier alpha value is -3.00. The van der Waals surface area contributed by atoms with Crippen molar-refractivity contribution in [2.75, 3.05) is 0 Å². The SMILES string of the molecule is Cc1nn(CC(=O)N(Cc2cccnc2)C2CC2)c(=O)c2cc3sccc3n12. The fourth-order valence-electron chi connectivity index (χ4n) is 3.65. The number of fused-ring (bicyclic) bond motifs is 3. The molecule has 0 saturated heterocycles. The van der Waals surface area contributed by atoms with Crippen LogP contribution in [0.5, 0.6) is 0 Å². The zero-order chi connectivity index (χ0) is 19.3. The van der Waals surface area contributed by atoms with Crippen LogP contribution in [0.3, 0.4) is 0 Å². The predicted octanol–water partition coefficient (Wildman–Crippen LogP) is 2.61. The van der Waals surface area contributed by atoms with Gasteiger partial charge in [0.2, 0.25) is 5.91 Å². The molecule has 4 heterocycles. The molecule has 1 fully saturated rings. The summed E-state index contributed by atoms with van der Waals surface area (Å²) < 4.78 is 4.21. The van der Waals surface area contributed by atoms with E-state index in [1.807, 2.05) is 45.9 Å². The summed E-state index contributed by atoms with van der Waals surface area (Å²) in [5.41, 5.74) is 2.30. The largest absolute Gasteiger partial charge is 0.334 e. The van der Waals surface area contributed by atoms with E-state index in [0.717, 1.165) is 28.6 Å². The molecule has 5 rings (SSSR count). The highest BCUT2D eigenvalue weighted by molar-refractivity contribution is 7.17. The summed E-state index contributed by atoms with van der Waals surface area (Å²) in [6.07, 6.45) is 5.50. The average molecular weight is 393 g/mol. The van der Waals surface area contributed by atoms with Gasteiger partial charge in [-0.1, -0.05) is 6.07 Å². The fraction of sp³-hybridized carbons (Fsp3) is 0.300. The maximum absolute atomic E-state index is 13.0. The zero-order valence-electron chi connectivity index (χ0n) is 15.4. The third kappa shape index (κ3) is 2.90. The van der Waals surface area contributed by atoms with E-state index in [1.54, 1.807) is 23.7 Å². The topological polar surface area (TPSA) is 72.5 Å². The van der Waals surface area contributed by atoms with Crippen molar-refractivity contribution in [3.05, 3.63) is 63.8 Å². The second-order valence-electron chi connectivity index (χ2n) is 7.16. The van der Waals surface area contributed by atoms with Crippen LogP contribution in [0.1, 0.15) is 24.2 Å². The first-order valence-electron chi connectivity index (χ1n) is 9.26. The lowest BCUT2D eigenvalue weighted by atomic mass is 10.2. The van der Waals surface area contributed by atoms with Crippen LogP contribution in [0.2, 0.25) is 0 Å². The quantitative estimate of drug-likeness (QED) is 0.522. The Labute approximate surface area is 164 Å². The minimum Gasteiger partial charge on any atom is -0.334 e. The van der Waals surface area contributed by atoms with Crippen LogP contribution < -0.4 is 5.56 Å². The number of hydrogen-bond donors (Lipinski definition) is 0. The minimum absolute atomic E-state index is 0.0498. The molecule has 0 aliphatic heterocycles. The van der Waals surface area contributed by atoms with Gasteiger partial charge in [0.05, 0.1) is 10.2 Å². The smallest absolute Gasteiger partial charge is 0.291 e. The Balaban J connectivity index is 1.47. The first kappa shape index (κ1) is 17.1. The highest BCUT2D eigenvalue weighted by atomic mass is 32.1. The maximum atomic E-state index is 13.0. The highest BCUT2D eigenvalue weighted by Gasteiger charge is 2.33. The van der Waals surface area contributed by atoms with Gasteiger partial charge in [-0.25, -0.2) is 4.68 Å². The van der Waals surface area contributed by atoms with E-state index in [-0.39, 0.29) is 24.1 Å². The molecule has 4 aromatic rings. The Bertz CT molecular complexity index is 1240. The summed E-state index contributed by atoms with van der Waals surface area (Å²) in [7, 11) is 0. The molecule has 1 aliphatic carbocycles. The minimum atomic E-state index is -0.237. The first-order chi connectivity index (χ1) is 13.6. The van der Waals surface area contributed by atoms with Crippen molar-refractivity contribution in [2.24, 2.45) is 0 Å². The van der Waals surface area contributed by atoms with Crippen molar-refractivity contribution in [2.45, 2.75) is 38.9 Å². The van der Waals surface area contributed by atoms with E-state index in [9.17, 15) is 9.59 Å². The molecule has 1 saturated carbocycles. The van der Waals surface area contributed by atoms with Crippen molar-refractivity contribution in [1.82, 2.24) is 24.1 Å². The van der Waals surface area contributed by atoms with Gasteiger partial charge in [-0.3, -0.25) is 19.0 Å². The van der Waals surface area contributed by atoms with Gasteiger partial charge < -0.3 is 4.90 Å². The van der Waals surface area contributed by atoms with Gasteiger partial charge >= 0.3 is 0 Å². The zero-order valence-corrected chi connectivity index (χ0v) is 16.2. The molecule has 0 bridgehead atoms. The number of thiophene rings is 1. The normalized spacial score (nSPS) is 14.0. The third-order valence-corrected chi connectivity index (χ3v) is 5.99. The van der Waals surface area contributed by atoms with Gasteiger partial charge in [-0.05, 0) is 48.9 Å². The summed E-state index contributed by atoms with van der Waals surface area (Å²) in [4.78, 5) is 32.0. The number of hydrogen-bond acceptors (Lipinski definition) is 5. The van der Waals surface area contributed by atoms with Crippen LogP contribution >= 0.6 is 11.3 Å². The van der Waals surface area contributed by atoms with Crippen LogP contribution in [0, 0.1) is 6.92 Å². The maximum Gasteiger partial charge on any atom is 0.291 e. The molecule has 1 amide bonds. The van der Waals surface area contributed by atoms with Crippen molar-refractivity contribution < 1.29 is 4.79 Å². The van der Waals surface area contributed by atoms with E-state index in [4.69, 9.17) is 0 Å². The second kappa shape index (κ2) is 6.56. The van der Waals surface area contributed by atoms with Gasteiger partial charge in [0.25, 0.3) is 5.56 Å². The highest BCUT2D eigenvalue weighted by Crippen LogP contribution is 2.29. The summed E-state index contributed by atoms with van der Waals surface area (Å²) in [6.45, 7) is 2.32. The summed E-state index contributed by atoms with van der Waals surface area (Å²) in [5, 5.41) is 6.42. The Morgan fingerprint density at radius 1 is 1.32 bits per heavy atom. The van der Waals surface area contributed by atoms with Crippen molar-refractivity contribution in [3.63, 3.8) is 0 Å². The molecule has 4 aromatic heterocycles. The molecule has 1 aliphatic rings. The van der Waals surface area contributed by atoms with Gasteiger partial charge in [-0.15, -0.1) is 11.3 Å². The monoisotopic (exact) mass is 393 g/mol. The molecule has 0 radical (unpaired) electrons. The standard InChI is InChI=1S/C20H19N5O2S/c1-13-22-24(20(27)17-9-18-16(25(13)17)6-8-28-18)12-19(26)23(15-4-5-15)11-14-3-2-7-21-10-14/h2-3,6-10,15H,4-5,11-12H2,1H3. The summed E-state index contributed by atoms with van der Waals surface area (Å²) in [6, 6.07) is 7.94. The first-order valence-corrected chi connectivity index (χ1v) is 10.1. The summed E-state index contributed by atoms with van der Waals surface area (Å²) >= 11 is 1.59. The lowest BCUT2D eigenvalue weighted by Crippen LogP contribution is -2.39. The van der Waals surface area contributed by atoms with E-state index in [1.165, 1.54) is 4.68 Å².